The summed E-state index contributed by atoms with van der Waals surface area (Å²) in [5, 5.41) is 2.33. The highest BCUT2D eigenvalue weighted by atomic mass is 19.4. The van der Waals surface area contributed by atoms with E-state index in [1.54, 1.807) is 12.1 Å². The van der Waals surface area contributed by atoms with E-state index in [0.29, 0.717) is 0 Å². The topological polar surface area (TPSA) is 34.9 Å². The van der Waals surface area contributed by atoms with Crippen LogP contribution in [-0.2, 0) is 0 Å². The van der Waals surface area contributed by atoms with Gasteiger partial charge in [0.05, 0.1) is 17.2 Å². The van der Waals surface area contributed by atoms with Gasteiger partial charge in [0, 0.05) is 28.2 Å². The van der Waals surface area contributed by atoms with Crippen molar-refractivity contribution in [3.05, 3.63) is 120 Å². The molecule has 0 fully saturated rings. The van der Waals surface area contributed by atoms with Gasteiger partial charge in [0.15, 0.2) is 0 Å². The first-order chi connectivity index (χ1) is 18.7. The first kappa shape index (κ1) is 24.6. The molecule has 0 aliphatic heterocycles. The summed E-state index contributed by atoms with van der Waals surface area (Å²) in [5.41, 5.74) is 8.65. The number of nitrogens with zero attached hydrogens (tertiary/aromatic N) is 2. The van der Waals surface area contributed by atoms with Gasteiger partial charge in [0.25, 0.3) is 5.78 Å². The summed E-state index contributed by atoms with van der Waals surface area (Å²) in [6.45, 7) is 3.97. The monoisotopic (exact) mass is 520 g/mol. The minimum atomic E-state index is -4.89. The van der Waals surface area contributed by atoms with Crippen LogP contribution in [0.5, 0.6) is 0 Å². The SMILES string of the molecule is Cc1cc(-c2ccc(-n3c4ccccc4c4ccncc43)cc2)cc(C)c1-c1ccc(C(=O)C(F)(F)F)cc1. The summed E-state index contributed by atoms with van der Waals surface area (Å²) in [4.78, 5) is 15.9. The number of para-hydroxylation sites is 1. The number of alkyl halides is 3. The zero-order valence-electron chi connectivity index (χ0n) is 21.3. The number of fused-ring (bicyclic) bond motifs is 3. The molecule has 0 atom stereocenters. The predicted molar refractivity (Wildman–Crippen MR) is 149 cm³/mol. The van der Waals surface area contributed by atoms with Crippen molar-refractivity contribution in [1.29, 1.82) is 0 Å². The molecule has 0 radical (unpaired) electrons. The van der Waals surface area contributed by atoms with E-state index < -0.39 is 12.0 Å². The van der Waals surface area contributed by atoms with Gasteiger partial charge in [-0.15, -0.1) is 0 Å². The van der Waals surface area contributed by atoms with E-state index in [1.807, 2.05) is 44.4 Å². The summed E-state index contributed by atoms with van der Waals surface area (Å²) < 4.78 is 40.6. The van der Waals surface area contributed by atoms with Crippen molar-refractivity contribution in [2.24, 2.45) is 0 Å². The van der Waals surface area contributed by atoms with E-state index >= 15 is 0 Å². The molecule has 0 aliphatic rings. The fraction of sp³-hybridized carbons (Fsp3) is 0.0909. The number of hydrogen-bond acceptors (Lipinski definition) is 2. The highest BCUT2D eigenvalue weighted by Gasteiger charge is 2.39. The van der Waals surface area contributed by atoms with Crippen LogP contribution in [0.4, 0.5) is 13.2 Å². The summed E-state index contributed by atoms with van der Waals surface area (Å²) >= 11 is 0. The minimum absolute atomic E-state index is 0.364. The molecule has 192 valence electrons. The van der Waals surface area contributed by atoms with Crippen molar-refractivity contribution in [2.75, 3.05) is 0 Å². The average molecular weight is 521 g/mol. The lowest BCUT2D eigenvalue weighted by Crippen LogP contribution is -2.22. The van der Waals surface area contributed by atoms with Crippen LogP contribution in [0, 0.1) is 13.8 Å². The Balaban J connectivity index is 1.35. The van der Waals surface area contributed by atoms with Crippen molar-refractivity contribution >= 4 is 27.6 Å². The van der Waals surface area contributed by atoms with Crippen LogP contribution in [0.3, 0.4) is 0 Å². The maximum Gasteiger partial charge on any atom is 0.454 e. The Kier molecular flexibility index (Phi) is 5.83. The number of carbonyl (C=O) groups excluding carboxylic acids is 1. The van der Waals surface area contributed by atoms with Crippen LogP contribution in [-0.4, -0.2) is 21.5 Å². The van der Waals surface area contributed by atoms with Crippen LogP contribution in [0.25, 0.3) is 49.7 Å². The van der Waals surface area contributed by atoms with Gasteiger partial charge < -0.3 is 4.57 Å². The quantitative estimate of drug-likeness (QED) is 0.218. The van der Waals surface area contributed by atoms with E-state index in [2.05, 4.69) is 58.1 Å². The first-order valence-corrected chi connectivity index (χ1v) is 12.5. The number of pyridine rings is 1. The zero-order chi connectivity index (χ0) is 27.3. The summed E-state index contributed by atoms with van der Waals surface area (Å²) in [5.74, 6) is -1.83. The molecule has 0 saturated heterocycles. The minimum Gasteiger partial charge on any atom is -0.308 e. The zero-order valence-corrected chi connectivity index (χ0v) is 21.3. The van der Waals surface area contributed by atoms with E-state index in [-0.39, 0.29) is 5.56 Å². The molecule has 6 rings (SSSR count). The van der Waals surface area contributed by atoms with Crippen molar-refractivity contribution in [2.45, 2.75) is 20.0 Å². The Labute approximate surface area is 223 Å². The van der Waals surface area contributed by atoms with Crippen molar-refractivity contribution in [3.8, 4) is 27.9 Å². The maximum atomic E-state index is 12.8. The van der Waals surface area contributed by atoms with Crippen molar-refractivity contribution in [1.82, 2.24) is 9.55 Å². The third kappa shape index (κ3) is 4.28. The van der Waals surface area contributed by atoms with Crippen molar-refractivity contribution in [3.63, 3.8) is 0 Å². The lowest BCUT2D eigenvalue weighted by molar-refractivity contribution is -0.0885. The number of carbonyl (C=O) groups is 1. The van der Waals surface area contributed by atoms with E-state index in [0.717, 1.165) is 55.5 Å². The molecule has 0 unspecified atom stereocenters. The smallest absolute Gasteiger partial charge is 0.308 e. The van der Waals surface area contributed by atoms with Gasteiger partial charge in [-0.05, 0) is 71.5 Å². The summed E-state index contributed by atoms with van der Waals surface area (Å²) in [6.07, 6.45) is -1.18. The van der Waals surface area contributed by atoms with Crippen LogP contribution in [0.1, 0.15) is 21.5 Å². The summed E-state index contributed by atoms with van der Waals surface area (Å²) in [6, 6.07) is 28.5. The molecule has 4 aromatic carbocycles. The highest BCUT2D eigenvalue weighted by molar-refractivity contribution is 6.08. The highest BCUT2D eigenvalue weighted by Crippen LogP contribution is 2.35. The fourth-order valence-corrected chi connectivity index (χ4v) is 5.44. The van der Waals surface area contributed by atoms with Crippen LogP contribution >= 0.6 is 0 Å². The number of halogens is 3. The van der Waals surface area contributed by atoms with Crippen LogP contribution < -0.4 is 0 Å². The maximum absolute atomic E-state index is 12.8. The van der Waals surface area contributed by atoms with Crippen LogP contribution in [0.2, 0.25) is 0 Å². The fourth-order valence-electron chi connectivity index (χ4n) is 5.44. The molecule has 39 heavy (non-hydrogen) atoms. The molecular formula is C33H23F3N2O. The van der Waals surface area contributed by atoms with Gasteiger partial charge in [-0.3, -0.25) is 9.78 Å². The number of ketones is 1. The van der Waals surface area contributed by atoms with Crippen LogP contribution in [0.15, 0.2) is 103 Å². The number of Topliss-reactive ketones (excluding diaryl/α,β-unsaturated/α-hetero) is 1. The number of aromatic nitrogens is 2. The molecular weight excluding hydrogens is 497 g/mol. The van der Waals surface area contributed by atoms with E-state index in [1.165, 1.54) is 17.5 Å². The molecule has 0 amide bonds. The molecule has 0 aliphatic carbocycles. The second-order valence-corrected chi connectivity index (χ2v) is 9.68. The normalized spacial score (nSPS) is 11.8. The van der Waals surface area contributed by atoms with Gasteiger partial charge in [-0.2, -0.15) is 13.2 Å². The molecule has 0 N–H and O–H groups in total. The molecule has 0 spiro atoms. The molecule has 2 heterocycles. The Morgan fingerprint density at radius 1 is 0.718 bits per heavy atom. The third-order valence-electron chi connectivity index (χ3n) is 7.16. The van der Waals surface area contributed by atoms with Gasteiger partial charge in [-0.25, -0.2) is 0 Å². The Bertz CT molecular complexity index is 1790. The van der Waals surface area contributed by atoms with Gasteiger partial charge in [-0.1, -0.05) is 66.7 Å². The van der Waals surface area contributed by atoms with E-state index in [9.17, 15) is 18.0 Å². The van der Waals surface area contributed by atoms with Gasteiger partial charge in [0.2, 0.25) is 0 Å². The Morgan fingerprint density at radius 3 is 2.00 bits per heavy atom. The first-order valence-electron chi connectivity index (χ1n) is 12.5. The lowest BCUT2D eigenvalue weighted by Gasteiger charge is -2.15. The molecule has 6 heteroatoms. The second kappa shape index (κ2) is 9.24. The molecule has 0 bridgehead atoms. The molecule has 6 aromatic rings. The Hall–Kier alpha value is -4.71. The number of hydrogen-bond donors (Lipinski definition) is 0. The van der Waals surface area contributed by atoms with Gasteiger partial charge in [0.1, 0.15) is 0 Å². The molecule has 3 nitrogen and oxygen atoms in total. The van der Waals surface area contributed by atoms with Crippen molar-refractivity contribution < 1.29 is 18.0 Å². The van der Waals surface area contributed by atoms with E-state index in [4.69, 9.17) is 0 Å². The summed E-state index contributed by atoms with van der Waals surface area (Å²) in [7, 11) is 0. The lowest BCUT2D eigenvalue weighted by atomic mass is 9.91. The third-order valence-corrected chi connectivity index (χ3v) is 7.16. The average Bonchev–Trinajstić information content (AvgIpc) is 3.27. The standard InChI is InChI=1S/C33H23F3N2O/c1-20-17-25(18-21(2)31(20)23-7-9-24(10-8-23)32(39)33(34,35)36)22-11-13-26(14-12-22)38-29-6-4-3-5-27(29)28-15-16-37-19-30(28)38/h3-19H,1-2H3. The Morgan fingerprint density at radius 2 is 1.33 bits per heavy atom. The number of aryl methyl sites for hydroxylation is 2. The predicted octanol–water partition coefficient (Wildman–Crippen LogP) is 8.87. The molecule has 2 aromatic heterocycles. The van der Waals surface area contributed by atoms with Gasteiger partial charge >= 0.3 is 6.18 Å². The largest absolute Gasteiger partial charge is 0.454 e. The second-order valence-electron chi connectivity index (χ2n) is 9.68. The number of benzene rings is 4. The molecule has 0 saturated carbocycles. The number of rotatable bonds is 4.